The van der Waals surface area contributed by atoms with Gasteiger partial charge in [-0.05, 0) is 99.7 Å². The summed E-state index contributed by atoms with van der Waals surface area (Å²) in [4.78, 5) is 15.1. The second-order valence-electron chi connectivity index (χ2n) is 11.4. The molecule has 1 heterocycles. The van der Waals surface area contributed by atoms with E-state index in [2.05, 4.69) is 29.2 Å². The lowest BCUT2D eigenvalue weighted by atomic mass is 9.68. The van der Waals surface area contributed by atoms with E-state index in [-0.39, 0.29) is 5.92 Å². The van der Waals surface area contributed by atoms with Crippen LogP contribution in [0, 0.1) is 17.8 Å². The number of nitrogens with zero attached hydrogens (tertiary/aromatic N) is 1. The maximum Gasteiger partial charge on any atom is 0.165 e. The summed E-state index contributed by atoms with van der Waals surface area (Å²) in [6, 6.07) is 18.2. The molecule has 4 heteroatoms. The van der Waals surface area contributed by atoms with Crippen molar-refractivity contribution < 1.29 is 14.6 Å². The zero-order chi connectivity index (χ0) is 24.8. The highest BCUT2D eigenvalue weighted by Gasteiger charge is 2.46. The van der Waals surface area contributed by atoms with Crippen LogP contribution < -0.4 is 4.74 Å². The van der Waals surface area contributed by atoms with E-state index < -0.39 is 5.60 Å². The molecule has 3 aliphatic rings. The first kappa shape index (κ1) is 25.5. The number of hydrogen-bond donors (Lipinski definition) is 1. The van der Waals surface area contributed by atoms with Crippen LogP contribution in [0.1, 0.15) is 86.6 Å². The molecule has 1 N–H and O–H groups in total. The fourth-order valence-electron chi connectivity index (χ4n) is 7.09. The maximum absolute atomic E-state index is 12.6. The van der Waals surface area contributed by atoms with Crippen LogP contribution in [0.25, 0.3) is 0 Å². The van der Waals surface area contributed by atoms with Gasteiger partial charge in [0.05, 0.1) is 12.2 Å². The first-order chi connectivity index (χ1) is 17.6. The molecule has 0 aromatic heterocycles. The molecule has 1 saturated heterocycles. The zero-order valence-corrected chi connectivity index (χ0v) is 21.7. The SMILES string of the molecule is O=C(c1ccc(OCCCN2CCC(C(O)(c3ccccc3)C3CCCC3)CC2)cc1)C1CCCC1. The van der Waals surface area contributed by atoms with E-state index in [9.17, 15) is 9.90 Å². The van der Waals surface area contributed by atoms with Gasteiger partial charge in [0, 0.05) is 18.0 Å². The van der Waals surface area contributed by atoms with Gasteiger partial charge >= 0.3 is 0 Å². The van der Waals surface area contributed by atoms with Crippen molar-refractivity contribution in [3.05, 3.63) is 65.7 Å². The molecule has 0 radical (unpaired) electrons. The third-order valence-electron chi connectivity index (χ3n) is 9.18. The lowest BCUT2D eigenvalue weighted by Gasteiger charge is -2.45. The second kappa shape index (κ2) is 11.9. The number of hydrogen-bond acceptors (Lipinski definition) is 4. The fourth-order valence-corrected chi connectivity index (χ4v) is 7.09. The summed E-state index contributed by atoms with van der Waals surface area (Å²) in [5.74, 6) is 2.10. The Morgan fingerprint density at radius 1 is 0.833 bits per heavy atom. The maximum atomic E-state index is 12.6. The van der Waals surface area contributed by atoms with Gasteiger partial charge in [-0.2, -0.15) is 0 Å². The first-order valence-corrected chi connectivity index (χ1v) is 14.4. The number of piperidine rings is 1. The molecule has 194 valence electrons. The Labute approximate surface area is 217 Å². The van der Waals surface area contributed by atoms with Crippen LogP contribution in [-0.4, -0.2) is 42.0 Å². The minimum atomic E-state index is -0.682. The minimum absolute atomic E-state index is 0.225. The summed E-state index contributed by atoms with van der Waals surface area (Å²) in [6.45, 7) is 3.80. The molecular formula is C32H43NO3. The summed E-state index contributed by atoms with van der Waals surface area (Å²) in [6.07, 6.45) is 12.3. The Morgan fingerprint density at radius 3 is 2.11 bits per heavy atom. The third kappa shape index (κ3) is 5.70. The van der Waals surface area contributed by atoms with E-state index >= 15 is 0 Å². The lowest BCUT2D eigenvalue weighted by Crippen LogP contribution is -2.47. The van der Waals surface area contributed by atoms with Crippen molar-refractivity contribution in [3.63, 3.8) is 0 Å². The minimum Gasteiger partial charge on any atom is -0.494 e. The Bertz CT molecular complexity index is 955. The molecule has 0 bridgehead atoms. The van der Waals surface area contributed by atoms with Gasteiger partial charge in [0.25, 0.3) is 0 Å². The van der Waals surface area contributed by atoms with E-state index in [4.69, 9.17) is 4.74 Å². The highest BCUT2D eigenvalue weighted by atomic mass is 16.5. The predicted molar refractivity (Wildman–Crippen MR) is 144 cm³/mol. The Hall–Kier alpha value is -2.17. The van der Waals surface area contributed by atoms with Crippen LogP contribution in [0.5, 0.6) is 5.75 Å². The van der Waals surface area contributed by atoms with Crippen molar-refractivity contribution in [1.29, 1.82) is 0 Å². The Balaban J connectivity index is 1.07. The molecular weight excluding hydrogens is 446 g/mol. The van der Waals surface area contributed by atoms with Gasteiger partial charge in [0.2, 0.25) is 0 Å². The van der Waals surface area contributed by atoms with Gasteiger partial charge < -0.3 is 14.7 Å². The molecule has 1 unspecified atom stereocenters. The number of aliphatic hydroxyl groups is 1. The average molecular weight is 490 g/mol. The highest BCUT2D eigenvalue weighted by molar-refractivity contribution is 5.98. The van der Waals surface area contributed by atoms with Gasteiger partial charge in [-0.15, -0.1) is 0 Å². The van der Waals surface area contributed by atoms with Gasteiger partial charge in [-0.3, -0.25) is 4.79 Å². The van der Waals surface area contributed by atoms with E-state index in [1.54, 1.807) is 0 Å². The monoisotopic (exact) mass is 489 g/mol. The largest absolute Gasteiger partial charge is 0.494 e. The molecule has 1 aliphatic heterocycles. The van der Waals surface area contributed by atoms with Gasteiger partial charge in [-0.1, -0.05) is 56.0 Å². The predicted octanol–water partition coefficient (Wildman–Crippen LogP) is 6.62. The van der Waals surface area contributed by atoms with E-state index in [0.29, 0.717) is 24.2 Å². The van der Waals surface area contributed by atoms with Crippen molar-refractivity contribution >= 4 is 5.78 Å². The van der Waals surface area contributed by atoms with Crippen LogP contribution in [0.4, 0.5) is 0 Å². The van der Waals surface area contributed by atoms with Crippen molar-refractivity contribution in [2.75, 3.05) is 26.2 Å². The fraction of sp³-hybridized carbons (Fsp3) is 0.594. The molecule has 2 aromatic rings. The average Bonchev–Trinajstić information content (AvgIpc) is 3.67. The van der Waals surface area contributed by atoms with Gasteiger partial charge in [-0.25, -0.2) is 0 Å². The number of rotatable bonds is 10. The molecule has 0 spiro atoms. The van der Waals surface area contributed by atoms with Crippen molar-refractivity contribution in [2.45, 2.75) is 76.2 Å². The van der Waals surface area contributed by atoms with Crippen LogP contribution in [-0.2, 0) is 5.60 Å². The second-order valence-corrected chi connectivity index (χ2v) is 11.4. The molecule has 4 nitrogen and oxygen atoms in total. The zero-order valence-electron chi connectivity index (χ0n) is 21.7. The lowest BCUT2D eigenvalue weighted by molar-refractivity contribution is -0.0934. The molecule has 2 aromatic carbocycles. The first-order valence-electron chi connectivity index (χ1n) is 14.4. The number of ether oxygens (including phenoxy) is 1. The molecule has 2 aliphatic carbocycles. The quantitative estimate of drug-likeness (QED) is 0.301. The normalized spacial score (nSPS) is 22.0. The van der Waals surface area contributed by atoms with E-state index in [1.165, 1.54) is 25.7 Å². The number of carbonyl (C=O) groups excluding carboxylic acids is 1. The Morgan fingerprint density at radius 2 is 1.44 bits per heavy atom. The molecule has 5 rings (SSSR count). The number of benzene rings is 2. The molecule has 1 atom stereocenters. The van der Waals surface area contributed by atoms with E-state index in [0.717, 1.165) is 81.5 Å². The van der Waals surface area contributed by atoms with Crippen LogP contribution in [0.3, 0.4) is 0 Å². The van der Waals surface area contributed by atoms with Crippen molar-refractivity contribution in [1.82, 2.24) is 4.90 Å². The standard InChI is InChI=1S/C32H43NO3/c34-31(25-9-4-5-10-25)26-15-17-30(18-16-26)36-24-8-21-33-22-19-29(20-23-33)32(35,28-13-6-7-14-28)27-11-2-1-3-12-27/h1-3,11-12,15-18,25,28-29,35H,4-10,13-14,19-24H2. The number of ketones is 1. The summed E-state index contributed by atoms with van der Waals surface area (Å²) in [7, 11) is 0. The number of likely N-dealkylation sites (tertiary alicyclic amines) is 1. The number of carbonyl (C=O) groups is 1. The summed E-state index contributed by atoms with van der Waals surface area (Å²) >= 11 is 0. The molecule has 2 saturated carbocycles. The topological polar surface area (TPSA) is 49.8 Å². The van der Waals surface area contributed by atoms with Crippen molar-refractivity contribution in [2.24, 2.45) is 17.8 Å². The third-order valence-corrected chi connectivity index (χ3v) is 9.18. The highest BCUT2D eigenvalue weighted by Crippen LogP contribution is 2.48. The van der Waals surface area contributed by atoms with E-state index in [1.807, 2.05) is 30.3 Å². The molecule has 0 amide bonds. The summed E-state index contributed by atoms with van der Waals surface area (Å²) in [5, 5.41) is 12.1. The summed E-state index contributed by atoms with van der Waals surface area (Å²) in [5.41, 5.74) is 1.27. The van der Waals surface area contributed by atoms with Crippen LogP contribution in [0.15, 0.2) is 54.6 Å². The smallest absolute Gasteiger partial charge is 0.165 e. The van der Waals surface area contributed by atoms with Crippen LogP contribution in [0.2, 0.25) is 0 Å². The van der Waals surface area contributed by atoms with Gasteiger partial charge in [0.15, 0.2) is 5.78 Å². The van der Waals surface area contributed by atoms with Crippen LogP contribution >= 0.6 is 0 Å². The molecule has 36 heavy (non-hydrogen) atoms. The number of Topliss-reactive ketones (excluding diaryl/α,β-unsaturated/α-hetero) is 1. The Kier molecular flexibility index (Phi) is 8.43. The van der Waals surface area contributed by atoms with Crippen molar-refractivity contribution in [3.8, 4) is 5.75 Å². The van der Waals surface area contributed by atoms with Gasteiger partial charge in [0.1, 0.15) is 5.75 Å². The summed E-state index contributed by atoms with van der Waals surface area (Å²) < 4.78 is 5.98. The molecule has 3 fully saturated rings.